The number of ether oxygens (including phenoxy) is 1. The lowest BCUT2D eigenvalue weighted by Crippen LogP contribution is -2.44. The molecule has 2 amide bonds. The predicted octanol–water partition coefficient (Wildman–Crippen LogP) is 0.990. The molecule has 2 saturated heterocycles. The number of aryl methyl sites for hydroxylation is 1. The van der Waals surface area contributed by atoms with Crippen LogP contribution in [0, 0.1) is 0 Å². The minimum Gasteiger partial charge on any atom is -0.376 e. The molecule has 7 heteroatoms. The Balaban J connectivity index is 1.64. The maximum atomic E-state index is 12.3. The van der Waals surface area contributed by atoms with Crippen LogP contribution in [0.2, 0.25) is 0 Å². The van der Waals surface area contributed by atoms with Gasteiger partial charge in [-0.1, -0.05) is 5.21 Å². The van der Waals surface area contributed by atoms with Crippen LogP contribution < -0.4 is 5.32 Å². The first-order chi connectivity index (χ1) is 9.24. The van der Waals surface area contributed by atoms with Crippen molar-refractivity contribution in [3.8, 4) is 0 Å². The third-order valence-corrected chi connectivity index (χ3v) is 3.79. The fourth-order valence-electron chi connectivity index (χ4n) is 2.92. The van der Waals surface area contributed by atoms with Crippen molar-refractivity contribution in [3.63, 3.8) is 0 Å². The zero-order valence-electron chi connectivity index (χ0n) is 11.1. The van der Waals surface area contributed by atoms with Crippen LogP contribution in [-0.4, -0.2) is 51.2 Å². The van der Waals surface area contributed by atoms with E-state index in [1.54, 1.807) is 17.9 Å². The fraction of sp³-hybridized carbons (Fsp3) is 0.750. The molecule has 1 N–H and O–H groups in total. The summed E-state index contributed by atoms with van der Waals surface area (Å²) in [4.78, 5) is 14.2. The van der Waals surface area contributed by atoms with Crippen LogP contribution in [-0.2, 0) is 11.8 Å². The first-order valence-corrected chi connectivity index (χ1v) is 6.79. The highest BCUT2D eigenvalue weighted by Crippen LogP contribution is 2.28. The normalized spacial score (nSPS) is 26.9. The van der Waals surface area contributed by atoms with Gasteiger partial charge in [-0.2, -0.15) is 0 Å². The summed E-state index contributed by atoms with van der Waals surface area (Å²) in [5.74, 6) is 0.491. The van der Waals surface area contributed by atoms with Gasteiger partial charge in [0.2, 0.25) is 0 Å². The van der Waals surface area contributed by atoms with Crippen molar-refractivity contribution < 1.29 is 9.53 Å². The third kappa shape index (κ3) is 2.56. The molecule has 2 aliphatic rings. The van der Waals surface area contributed by atoms with Crippen LogP contribution in [0.4, 0.5) is 10.6 Å². The molecule has 0 saturated carbocycles. The van der Waals surface area contributed by atoms with Gasteiger partial charge in [-0.15, -0.1) is 5.10 Å². The summed E-state index contributed by atoms with van der Waals surface area (Å²) >= 11 is 0. The van der Waals surface area contributed by atoms with Gasteiger partial charge in [-0.3, -0.25) is 10.00 Å². The second-order valence-corrected chi connectivity index (χ2v) is 5.16. The van der Waals surface area contributed by atoms with Crippen LogP contribution in [0.5, 0.6) is 0 Å². The Hall–Kier alpha value is -1.63. The third-order valence-electron chi connectivity index (χ3n) is 3.79. The van der Waals surface area contributed by atoms with Crippen molar-refractivity contribution >= 4 is 11.8 Å². The highest BCUT2D eigenvalue weighted by Gasteiger charge is 2.37. The van der Waals surface area contributed by atoms with Crippen molar-refractivity contribution in [3.05, 3.63) is 6.20 Å². The number of likely N-dealkylation sites (tertiary alicyclic amines) is 1. The van der Waals surface area contributed by atoms with Crippen molar-refractivity contribution in [1.29, 1.82) is 0 Å². The summed E-state index contributed by atoms with van der Waals surface area (Å²) in [5, 5.41) is 10.5. The molecule has 0 radical (unpaired) electrons. The Kier molecular flexibility index (Phi) is 3.37. The number of carbonyl (C=O) groups excluding carboxylic acids is 1. The van der Waals surface area contributed by atoms with E-state index < -0.39 is 0 Å². The number of aromatic nitrogens is 3. The van der Waals surface area contributed by atoms with Gasteiger partial charge in [0.25, 0.3) is 0 Å². The number of urea groups is 1. The number of rotatable bonds is 2. The van der Waals surface area contributed by atoms with E-state index in [9.17, 15) is 4.79 Å². The number of nitrogens with zero attached hydrogens (tertiary/aromatic N) is 4. The van der Waals surface area contributed by atoms with Crippen LogP contribution in [0.3, 0.4) is 0 Å². The SMILES string of the molecule is Cn1cc(NC(=O)N2CCCC2C2CCCO2)nn1. The first-order valence-electron chi connectivity index (χ1n) is 6.79. The van der Waals surface area contributed by atoms with Gasteiger partial charge in [0.05, 0.1) is 18.3 Å². The molecule has 2 fully saturated rings. The number of carbonyl (C=O) groups is 1. The second kappa shape index (κ2) is 5.16. The summed E-state index contributed by atoms with van der Waals surface area (Å²) in [6.07, 6.45) is 6.11. The molecule has 0 aliphatic carbocycles. The van der Waals surface area contributed by atoms with Gasteiger partial charge in [-0.05, 0) is 25.7 Å². The van der Waals surface area contributed by atoms with E-state index in [0.717, 1.165) is 38.8 Å². The Bertz CT molecular complexity index is 455. The fourth-order valence-corrected chi connectivity index (χ4v) is 2.92. The van der Waals surface area contributed by atoms with Crippen LogP contribution in [0.15, 0.2) is 6.20 Å². The molecule has 2 aliphatic heterocycles. The minimum absolute atomic E-state index is 0.0986. The van der Waals surface area contributed by atoms with Crippen molar-refractivity contribution in [2.24, 2.45) is 7.05 Å². The van der Waals surface area contributed by atoms with E-state index >= 15 is 0 Å². The molecule has 2 atom stereocenters. The number of hydrogen-bond donors (Lipinski definition) is 1. The van der Waals surface area contributed by atoms with Gasteiger partial charge < -0.3 is 9.64 Å². The summed E-state index contributed by atoms with van der Waals surface area (Å²) in [6.45, 7) is 1.61. The monoisotopic (exact) mass is 265 g/mol. The number of anilines is 1. The minimum atomic E-state index is -0.0986. The van der Waals surface area contributed by atoms with Crippen molar-refractivity contribution in [2.45, 2.75) is 37.8 Å². The van der Waals surface area contributed by atoms with Gasteiger partial charge in [0.15, 0.2) is 5.82 Å². The Morgan fingerprint density at radius 3 is 3.05 bits per heavy atom. The highest BCUT2D eigenvalue weighted by atomic mass is 16.5. The molecule has 7 nitrogen and oxygen atoms in total. The summed E-state index contributed by atoms with van der Waals surface area (Å²) in [5.41, 5.74) is 0. The van der Waals surface area contributed by atoms with Gasteiger partial charge in [0, 0.05) is 20.2 Å². The molecular formula is C12H19N5O2. The molecule has 1 aromatic heterocycles. The van der Waals surface area contributed by atoms with E-state index in [1.165, 1.54) is 0 Å². The lowest BCUT2D eigenvalue weighted by atomic mass is 10.1. The molecule has 3 heterocycles. The van der Waals surface area contributed by atoms with E-state index in [1.807, 2.05) is 4.90 Å². The van der Waals surface area contributed by atoms with Crippen molar-refractivity contribution in [1.82, 2.24) is 19.9 Å². The number of amides is 2. The lowest BCUT2D eigenvalue weighted by Gasteiger charge is -2.28. The number of nitrogens with one attached hydrogen (secondary N) is 1. The predicted molar refractivity (Wildman–Crippen MR) is 68.7 cm³/mol. The molecule has 2 unspecified atom stereocenters. The highest BCUT2D eigenvalue weighted by molar-refractivity contribution is 5.88. The Morgan fingerprint density at radius 1 is 1.47 bits per heavy atom. The molecule has 104 valence electrons. The first kappa shape index (κ1) is 12.4. The smallest absolute Gasteiger partial charge is 0.323 e. The molecule has 0 aromatic carbocycles. The van der Waals surface area contributed by atoms with Gasteiger partial charge >= 0.3 is 6.03 Å². The second-order valence-electron chi connectivity index (χ2n) is 5.16. The molecule has 1 aromatic rings. The van der Waals surface area contributed by atoms with Crippen LogP contribution >= 0.6 is 0 Å². The van der Waals surface area contributed by atoms with Gasteiger partial charge in [0.1, 0.15) is 0 Å². The standard InChI is InChI=1S/C12H19N5O2/c1-16-8-11(14-15-16)13-12(18)17-6-2-4-9(17)10-5-3-7-19-10/h8-10H,2-7H2,1H3,(H,13,18). The maximum absolute atomic E-state index is 12.3. The van der Waals surface area contributed by atoms with E-state index in [4.69, 9.17) is 4.74 Å². The summed E-state index contributed by atoms with van der Waals surface area (Å²) < 4.78 is 7.28. The van der Waals surface area contributed by atoms with Crippen molar-refractivity contribution in [2.75, 3.05) is 18.5 Å². The van der Waals surface area contributed by atoms with E-state index in [-0.39, 0.29) is 18.2 Å². The average Bonchev–Trinajstić information content (AvgIpc) is 3.07. The topological polar surface area (TPSA) is 72.3 Å². The molecule has 0 bridgehead atoms. The van der Waals surface area contributed by atoms with Crippen LogP contribution in [0.1, 0.15) is 25.7 Å². The van der Waals surface area contributed by atoms with Gasteiger partial charge in [-0.25, -0.2) is 4.79 Å². The summed E-state index contributed by atoms with van der Waals surface area (Å²) in [6, 6.07) is 0.109. The Labute approximate surface area is 111 Å². The average molecular weight is 265 g/mol. The maximum Gasteiger partial charge on any atom is 0.323 e. The zero-order chi connectivity index (χ0) is 13.2. The lowest BCUT2D eigenvalue weighted by molar-refractivity contribution is 0.0543. The Morgan fingerprint density at radius 2 is 2.37 bits per heavy atom. The molecule has 3 rings (SSSR count). The zero-order valence-corrected chi connectivity index (χ0v) is 11.1. The largest absolute Gasteiger partial charge is 0.376 e. The molecule has 19 heavy (non-hydrogen) atoms. The molecular weight excluding hydrogens is 246 g/mol. The molecule has 0 spiro atoms. The van der Waals surface area contributed by atoms with E-state index in [2.05, 4.69) is 15.6 Å². The van der Waals surface area contributed by atoms with E-state index in [0.29, 0.717) is 5.82 Å². The quantitative estimate of drug-likeness (QED) is 0.865. The van der Waals surface area contributed by atoms with Crippen LogP contribution in [0.25, 0.3) is 0 Å². The number of hydrogen-bond acceptors (Lipinski definition) is 4. The summed E-state index contributed by atoms with van der Waals surface area (Å²) in [7, 11) is 1.77.